The van der Waals surface area contributed by atoms with Crippen molar-refractivity contribution in [2.24, 2.45) is 0 Å². The molecule has 1 amide bonds. The van der Waals surface area contributed by atoms with Crippen LogP contribution in [0.3, 0.4) is 0 Å². The summed E-state index contributed by atoms with van der Waals surface area (Å²) in [5.41, 5.74) is -0.464. The highest BCUT2D eigenvalue weighted by molar-refractivity contribution is 7.92. The number of methoxy groups -OCH3 is 1. The Hall–Kier alpha value is -4.43. The molecule has 0 saturated heterocycles. The van der Waals surface area contributed by atoms with Gasteiger partial charge in [-0.2, -0.15) is 0 Å². The second kappa shape index (κ2) is 11.7. The third-order valence-electron chi connectivity index (χ3n) is 7.14. The van der Waals surface area contributed by atoms with Crippen molar-refractivity contribution in [2.45, 2.75) is 29.8 Å². The molecule has 2 aliphatic rings. The average Bonchev–Trinajstić information content (AvgIpc) is 3.13. The highest BCUT2D eigenvalue weighted by Crippen LogP contribution is 2.36. The summed E-state index contributed by atoms with van der Waals surface area (Å²) in [4.78, 5) is 27.9. The third kappa shape index (κ3) is 5.67. The van der Waals surface area contributed by atoms with Crippen LogP contribution in [0.4, 0.5) is 20.4 Å². The molecule has 4 aromatic rings. The Morgan fingerprint density at radius 3 is 2.84 bits per heavy atom. The maximum Gasteiger partial charge on any atom is 0.251 e. The monoisotopic (exact) mass is 611 g/mol. The van der Waals surface area contributed by atoms with E-state index in [0.29, 0.717) is 54.8 Å². The van der Waals surface area contributed by atoms with Crippen LogP contribution in [0.25, 0.3) is 10.9 Å². The zero-order valence-electron chi connectivity index (χ0n) is 23.0. The molecule has 0 aliphatic carbocycles. The lowest BCUT2D eigenvalue weighted by Crippen LogP contribution is -2.30. The zero-order chi connectivity index (χ0) is 30.1. The van der Waals surface area contributed by atoms with Gasteiger partial charge in [0.15, 0.2) is 23.1 Å². The summed E-state index contributed by atoms with van der Waals surface area (Å²) in [5, 5.41) is 3.38. The van der Waals surface area contributed by atoms with E-state index in [1.165, 1.54) is 0 Å². The Morgan fingerprint density at radius 1 is 1.14 bits per heavy atom. The SMILES string of the molecule is COCCc1cnc2c(c1)OCCN2c1ccc2cnc(CNC(=O)c3cc(F)c4c(c3)S(=O)(=O)[C@@H](F)CCO4)cc2n1. The largest absolute Gasteiger partial charge is 0.489 e. The van der Waals surface area contributed by atoms with Gasteiger partial charge >= 0.3 is 0 Å². The molecule has 1 N–H and O–H groups in total. The molecule has 43 heavy (non-hydrogen) atoms. The Kier molecular flexibility index (Phi) is 7.79. The van der Waals surface area contributed by atoms with E-state index in [9.17, 15) is 22.0 Å². The molecule has 0 saturated carbocycles. The van der Waals surface area contributed by atoms with Gasteiger partial charge in [-0.3, -0.25) is 9.78 Å². The van der Waals surface area contributed by atoms with Crippen molar-refractivity contribution in [3.05, 3.63) is 71.4 Å². The van der Waals surface area contributed by atoms with E-state index in [-0.39, 0.29) is 18.7 Å². The van der Waals surface area contributed by atoms with Crippen molar-refractivity contribution in [2.75, 3.05) is 38.4 Å². The molecule has 11 nitrogen and oxygen atoms in total. The van der Waals surface area contributed by atoms with Crippen LogP contribution in [-0.4, -0.2) is 68.3 Å². The van der Waals surface area contributed by atoms with E-state index in [0.717, 1.165) is 23.1 Å². The number of fused-ring (bicyclic) bond motifs is 3. The average molecular weight is 612 g/mol. The molecule has 0 spiro atoms. The number of amides is 1. The molecule has 0 fully saturated rings. The first kappa shape index (κ1) is 28.7. The molecule has 1 atom stereocenters. The standard InChI is InChI=1S/C29H27F2N5O6S/c1-40-7-4-17-10-23-28(33-14-17)36(6-9-41-23)26-3-2-18-15-32-20(13-22(18)35-26)16-34-29(37)19-11-21(30)27-24(12-19)43(38,39)25(31)5-8-42-27/h2-3,10-15,25H,4-9,16H2,1H3,(H,34,37)/t25-/m1/s1. The van der Waals surface area contributed by atoms with Crippen molar-refractivity contribution in [3.63, 3.8) is 0 Å². The van der Waals surface area contributed by atoms with Crippen molar-refractivity contribution in [1.29, 1.82) is 0 Å². The number of ether oxygens (including phenoxy) is 3. The molecule has 0 radical (unpaired) electrons. The van der Waals surface area contributed by atoms with Gasteiger partial charge in [0.25, 0.3) is 5.91 Å². The highest BCUT2D eigenvalue weighted by atomic mass is 32.2. The predicted octanol–water partition coefficient (Wildman–Crippen LogP) is 3.67. The normalized spacial score (nSPS) is 17.3. The summed E-state index contributed by atoms with van der Waals surface area (Å²) in [6.07, 6.45) is 3.69. The number of carbonyl (C=O) groups is 1. The number of benzene rings is 1. The quantitative estimate of drug-likeness (QED) is 0.330. The van der Waals surface area contributed by atoms with Crippen LogP contribution >= 0.6 is 0 Å². The zero-order valence-corrected chi connectivity index (χ0v) is 23.9. The first-order valence-electron chi connectivity index (χ1n) is 13.5. The second-order valence-corrected chi connectivity index (χ2v) is 12.0. The minimum atomic E-state index is -4.52. The van der Waals surface area contributed by atoms with Crippen molar-refractivity contribution < 1.29 is 36.2 Å². The van der Waals surface area contributed by atoms with Gasteiger partial charge in [-0.05, 0) is 48.4 Å². The van der Waals surface area contributed by atoms with Crippen LogP contribution in [0.2, 0.25) is 0 Å². The number of halogens is 2. The number of nitrogens with zero attached hydrogens (tertiary/aromatic N) is 4. The number of sulfone groups is 1. The lowest BCUT2D eigenvalue weighted by atomic mass is 10.2. The minimum Gasteiger partial charge on any atom is -0.489 e. The number of nitrogens with one attached hydrogen (secondary N) is 1. The fraction of sp³-hybridized carbons (Fsp3) is 0.310. The van der Waals surface area contributed by atoms with Crippen molar-refractivity contribution in [1.82, 2.24) is 20.3 Å². The summed E-state index contributed by atoms with van der Waals surface area (Å²) in [6, 6.07) is 9.21. The smallest absolute Gasteiger partial charge is 0.251 e. The predicted molar refractivity (Wildman–Crippen MR) is 152 cm³/mol. The Bertz CT molecular complexity index is 1820. The van der Waals surface area contributed by atoms with E-state index in [2.05, 4.69) is 15.3 Å². The van der Waals surface area contributed by atoms with E-state index in [1.807, 2.05) is 23.1 Å². The maximum atomic E-state index is 14.7. The molecule has 2 aliphatic heterocycles. The number of alkyl halides is 1. The first-order valence-corrected chi connectivity index (χ1v) is 15.1. The van der Waals surface area contributed by atoms with E-state index in [1.54, 1.807) is 25.6 Å². The number of pyridine rings is 3. The van der Waals surface area contributed by atoms with E-state index >= 15 is 0 Å². The fourth-order valence-corrected chi connectivity index (χ4v) is 6.27. The van der Waals surface area contributed by atoms with Crippen LogP contribution in [0, 0.1) is 5.82 Å². The molecule has 3 aromatic heterocycles. The molecule has 6 rings (SSSR count). The lowest BCUT2D eigenvalue weighted by Gasteiger charge is -2.29. The topological polar surface area (TPSA) is 133 Å². The first-order chi connectivity index (χ1) is 20.7. The summed E-state index contributed by atoms with van der Waals surface area (Å²) in [5.74, 6) is -0.437. The van der Waals surface area contributed by atoms with Crippen LogP contribution in [0.1, 0.15) is 28.0 Å². The summed E-state index contributed by atoms with van der Waals surface area (Å²) in [7, 11) is -2.87. The van der Waals surface area contributed by atoms with E-state index in [4.69, 9.17) is 19.2 Å². The summed E-state index contributed by atoms with van der Waals surface area (Å²) < 4.78 is 70.1. The number of carbonyl (C=O) groups excluding carboxylic acids is 1. The number of rotatable bonds is 7. The molecular formula is C29H27F2N5O6S. The number of hydrogen-bond donors (Lipinski definition) is 1. The van der Waals surface area contributed by atoms with Crippen molar-refractivity contribution in [3.8, 4) is 11.5 Å². The maximum absolute atomic E-state index is 14.7. The molecule has 224 valence electrons. The van der Waals surface area contributed by atoms with Gasteiger partial charge in [0.2, 0.25) is 15.3 Å². The van der Waals surface area contributed by atoms with Crippen molar-refractivity contribution >= 4 is 38.3 Å². The molecule has 1 aromatic carbocycles. The van der Waals surface area contributed by atoms with Crippen LogP contribution in [0.15, 0.2) is 53.7 Å². The minimum absolute atomic E-state index is 0.0550. The molecule has 0 unspecified atom stereocenters. The molecule has 0 bridgehead atoms. The summed E-state index contributed by atoms with van der Waals surface area (Å²) >= 11 is 0. The van der Waals surface area contributed by atoms with Gasteiger partial charge in [-0.1, -0.05) is 0 Å². The van der Waals surface area contributed by atoms with Crippen LogP contribution in [-0.2, 0) is 27.5 Å². The van der Waals surface area contributed by atoms with Gasteiger partial charge in [0.05, 0.1) is 37.5 Å². The van der Waals surface area contributed by atoms with Gasteiger partial charge in [0.1, 0.15) is 17.3 Å². The van der Waals surface area contributed by atoms with Gasteiger partial charge in [-0.15, -0.1) is 0 Å². The van der Waals surface area contributed by atoms with Crippen LogP contribution < -0.4 is 19.7 Å². The summed E-state index contributed by atoms with van der Waals surface area (Å²) in [6.45, 7) is 1.22. The lowest BCUT2D eigenvalue weighted by molar-refractivity contribution is 0.0949. The van der Waals surface area contributed by atoms with E-state index < -0.39 is 44.1 Å². The van der Waals surface area contributed by atoms with Gasteiger partial charge in [0, 0.05) is 36.9 Å². The Morgan fingerprint density at radius 2 is 2.00 bits per heavy atom. The second-order valence-electron chi connectivity index (χ2n) is 10.0. The Balaban J connectivity index is 1.21. The van der Waals surface area contributed by atoms with Gasteiger partial charge < -0.3 is 24.4 Å². The third-order valence-corrected chi connectivity index (χ3v) is 8.97. The van der Waals surface area contributed by atoms with Crippen LogP contribution in [0.5, 0.6) is 11.5 Å². The number of hydrogen-bond acceptors (Lipinski definition) is 10. The molecule has 14 heteroatoms. The molecule has 5 heterocycles. The highest BCUT2D eigenvalue weighted by Gasteiger charge is 2.35. The number of anilines is 2. The van der Waals surface area contributed by atoms with Gasteiger partial charge in [-0.25, -0.2) is 27.2 Å². The Labute approximate surface area is 245 Å². The molecular weight excluding hydrogens is 584 g/mol. The fourth-order valence-electron chi connectivity index (χ4n) is 4.88. The number of aromatic nitrogens is 3.